The first-order valence-corrected chi connectivity index (χ1v) is 6.28. The van der Waals surface area contributed by atoms with Crippen molar-refractivity contribution in [3.8, 4) is 0 Å². The Morgan fingerprint density at radius 2 is 2.33 bits per heavy atom. The van der Waals surface area contributed by atoms with Gasteiger partial charge in [-0.3, -0.25) is 4.79 Å². The maximum Gasteiger partial charge on any atom is 0.253 e. The van der Waals surface area contributed by atoms with Crippen molar-refractivity contribution < 1.29 is 14.3 Å². The highest BCUT2D eigenvalue weighted by Crippen LogP contribution is 2.19. The van der Waals surface area contributed by atoms with E-state index in [9.17, 15) is 9.18 Å². The first-order chi connectivity index (χ1) is 8.61. The minimum atomic E-state index is -0.293. The Morgan fingerprint density at radius 3 is 3.00 bits per heavy atom. The van der Waals surface area contributed by atoms with Crippen molar-refractivity contribution in [3.05, 3.63) is 35.1 Å². The van der Waals surface area contributed by atoms with Crippen LogP contribution in [0.5, 0.6) is 0 Å². The minimum absolute atomic E-state index is 0.0729. The fraction of sp³-hybridized carbons (Fsp3) is 0.500. The number of rotatable bonds is 2. The Kier molecular flexibility index (Phi) is 3.97. The molecule has 0 radical (unpaired) electrons. The van der Waals surface area contributed by atoms with Gasteiger partial charge in [-0.2, -0.15) is 0 Å². The Hall–Kier alpha value is -1.42. The molecule has 3 nitrogen and oxygen atoms in total. The van der Waals surface area contributed by atoms with Crippen LogP contribution < -0.4 is 0 Å². The summed E-state index contributed by atoms with van der Waals surface area (Å²) >= 11 is 0. The third-order valence-corrected chi connectivity index (χ3v) is 3.47. The number of aryl methyl sites for hydroxylation is 1. The van der Waals surface area contributed by atoms with E-state index in [1.165, 1.54) is 12.1 Å². The van der Waals surface area contributed by atoms with Crippen LogP contribution in [0.2, 0.25) is 0 Å². The van der Waals surface area contributed by atoms with Crippen LogP contribution in [-0.2, 0) is 0 Å². The van der Waals surface area contributed by atoms with Crippen molar-refractivity contribution in [2.45, 2.75) is 19.8 Å². The zero-order valence-electron chi connectivity index (χ0n) is 10.5. The van der Waals surface area contributed by atoms with Crippen LogP contribution in [0.15, 0.2) is 18.2 Å². The molecule has 4 heteroatoms. The number of carbonyl (C=O) groups excluding carboxylic acids is 1. The van der Waals surface area contributed by atoms with Crippen molar-refractivity contribution in [1.82, 2.24) is 4.90 Å². The largest absolute Gasteiger partial charge is 0.396 e. The van der Waals surface area contributed by atoms with Gasteiger partial charge in [0.2, 0.25) is 0 Å². The first kappa shape index (κ1) is 13.0. The normalized spacial score (nSPS) is 19.9. The van der Waals surface area contributed by atoms with Crippen LogP contribution in [0.3, 0.4) is 0 Å². The van der Waals surface area contributed by atoms with Crippen LogP contribution >= 0.6 is 0 Å². The monoisotopic (exact) mass is 251 g/mol. The van der Waals surface area contributed by atoms with Crippen molar-refractivity contribution in [3.63, 3.8) is 0 Å². The zero-order valence-corrected chi connectivity index (χ0v) is 10.5. The van der Waals surface area contributed by atoms with Gasteiger partial charge in [-0.1, -0.05) is 0 Å². The average molecular weight is 251 g/mol. The lowest BCUT2D eigenvalue weighted by Crippen LogP contribution is -2.40. The average Bonchev–Trinajstić information content (AvgIpc) is 2.41. The molecule has 18 heavy (non-hydrogen) atoms. The summed E-state index contributed by atoms with van der Waals surface area (Å²) in [6.07, 6.45) is 1.87. The third-order valence-electron chi connectivity index (χ3n) is 3.47. The lowest BCUT2D eigenvalue weighted by Gasteiger charge is -2.32. The minimum Gasteiger partial charge on any atom is -0.396 e. The Balaban J connectivity index is 2.12. The highest BCUT2D eigenvalue weighted by atomic mass is 19.1. The SMILES string of the molecule is Cc1cc(C(=O)N2CCCC(CO)C2)ccc1F. The smallest absolute Gasteiger partial charge is 0.253 e. The molecule has 1 heterocycles. The number of amides is 1. The van der Waals surface area contributed by atoms with Gasteiger partial charge in [0.05, 0.1) is 0 Å². The predicted octanol–water partition coefficient (Wildman–Crippen LogP) is 1.98. The van der Waals surface area contributed by atoms with Gasteiger partial charge in [0.25, 0.3) is 5.91 Å². The molecular formula is C14H18FNO2. The van der Waals surface area contributed by atoms with Crippen molar-refractivity contribution in [2.24, 2.45) is 5.92 Å². The molecule has 1 atom stereocenters. The summed E-state index contributed by atoms with van der Waals surface area (Å²) in [6, 6.07) is 4.43. The van der Waals surface area contributed by atoms with Gasteiger partial charge in [-0.25, -0.2) is 4.39 Å². The second kappa shape index (κ2) is 5.48. The zero-order chi connectivity index (χ0) is 13.1. The molecule has 2 rings (SSSR count). The van der Waals surface area contributed by atoms with Crippen LogP contribution in [0.4, 0.5) is 4.39 Å². The lowest BCUT2D eigenvalue weighted by atomic mass is 9.98. The Morgan fingerprint density at radius 1 is 1.56 bits per heavy atom. The number of likely N-dealkylation sites (tertiary alicyclic amines) is 1. The van der Waals surface area contributed by atoms with Crippen LogP contribution in [0.1, 0.15) is 28.8 Å². The van der Waals surface area contributed by atoms with E-state index < -0.39 is 0 Å². The summed E-state index contributed by atoms with van der Waals surface area (Å²) in [5, 5.41) is 9.15. The summed E-state index contributed by atoms with van der Waals surface area (Å²) in [6.45, 7) is 3.07. The van der Waals surface area contributed by atoms with E-state index in [-0.39, 0.29) is 24.2 Å². The van der Waals surface area contributed by atoms with Gasteiger partial charge in [0.1, 0.15) is 5.82 Å². The number of halogens is 1. The van der Waals surface area contributed by atoms with E-state index in [4.69, 9.17) is 5.11 Å². The maximum atomic E-state index is 13.2. The van der Waals surface area contributed by atoms with E-state index in [0.717, 1.165) is 12.8 Å². The van der Waals surface area contributed by atoms with E-state index in [0.29, 0.717) is 24.2 Å². The molecule has 1 amide bonds. The summed E-state index contributed by atoms with van der Waals surface area (Å²) in [5.41, 5.74) is 1.00. The van der Waals surface area contributed by atoms with Gasteiger partial charge in [0.15, 0.2) is 0 Å². The number of hydrogen-bond donors (Lipinski definition) is 1. The molecule has 1 aromatic carbocycles. The highest BCUT2D eigenvalue weighted by molar-refractivity contribution is 5.94. The molecule has 1 unspecified atom stereocenters. The molecule has 0 spiro atoms. The molecule has 1 saturated heterocycles. The maximum absolute atomic E-state index is 13.2. The number of aliphatic hydroxyl groups excluding tert-OH is 1. The van der Waals surface area contributed by atoms with Crippen LogP contribution in [0, 0.1) is 18.7 Å². The molecule has 1 aliphatic rings. The van der Waals surface area contributed by atoms with Gasteiger partial charge in [-0.15, -0.1) is 0 Å². The third kappa shape index (κ3) is 2.70. The molecule has 1 aliphatic heterocycles. The molecular weight excluding hydrogens is 233 g/mol. The summed E-state index contributed by atoms with van der Waals surface area (Å²) in [4.78, 5) is 14.0. The van der Waals surface area contributed by atoms with Crippen LogP contribution in [-0.4, -0.2) is 35.6 Å². The number of carbonyl (C=O) groups is 1. The fourth-order valence-corrected chi connectivity index (χ4v) is 2.36. The molecule has 1 fully saturated rings. The number of aliphatic hydroxyl groups is 1. The van der Waals surface area contributed by atoms with Crippen molar-refractivity contribution in [1.29, 1.82) is 0 Å². The standard InChI is InChI=1S/C14H18FNO2/c1-10-7-12(4-5-13(10)15)14(18)16-6-2-3-11(8-16)9-17/h4-5,7,11,17H,2-3,6,8-9H2,1H3. The Bertz CT molecular complexity index is 447. The molecule has 0 aromatic heterocycles. The molecule has 98 valence electrons. The number of piperidine rings is 1. The number of nitrogens with zero attached hydrogens (tertiary/aromatic N) is 1. The lowest BCUT2D eigenvalue weighted by molar-refractivity contribution is 0.0620. The molecule has 1 N–H and O–H groups in total. The van der Waals surface area contributed by atoms with Crippen LogP contribution in [0.25, 0.3) is 0 Å². The summed E-state index contributed by atoms with van der Waals surface area (Å²) < 4.78 is 13.2. The number of hydrogen-bond acceptors (Lipinski definition) is 2. The van der Waals surface area contributed by atoms with E-state index in [2.05, 4.69) is 0 Å². The molecule has 1 aromatic rings. The van der Waals surface area contributed by atoms with E-state index in [1.807, 2.05) is 0 Å². The molecule has 0 saturated carbocycles. The quantitative estimate of drug-likeness (QED) is 0.873. The van der Waals surface area contributed by atoms with Gasteiger partial charge in [0, 0.05) is 25.3 Å². The topological polar surface area (TPSA) is 40.5 Å². The molecule has 0 bridgehead atoms. The summed E-state index contributed by atoms with van der Waals surface area (Å²) in [5.74, 6) is -0.195. The van der Waals surface area contributed by atoms with Gasteiger partial charge in [-0.05, 0) is 49.4 Å². The van der Waals surface area contributed by atoms with Crippen molar-refractivity contribution >= 4 is 5.91 Å². The first-order valence-electron chi connectivity index (χ1n) is 6.28. The molecule has 0 aliphatic carbocycles. The van der Waals surface area contributed by atoms with E-state index in [1.54, 1.807) is 17.9 Å². The van der Waals surface area contributed by atoms with Crippen molar-refractivity contribution in [2.75, 3.05) is 19.7 Å². The second-order valence-corrected chi connectivity index (χ2v) is 4.91. The second-order valence-electron chi connectivity index (χ2n) is 4.91. The predicted molar refractivity (Wildman–Crippen MR) is 66.9 cm³/mol. The van der Waals surface area contributed by atoms with Gasteiger partial charge >= 0.3 is 0 Å². The summed E-state index contributed by atoms with van der Waals surface area (Å²) in [7, 11) is 0. The Labute approximate surface area is 106 Å². The van der Waals surface area contributed by atoms with E-state index >= 15 is 0 Å². The fourth-order valence-electron chi connectivity index (χ4n) is 2.36. The van der Waals surface area contributed by atoms with Gasteiger partial charge < -0.3 is 10.0 Å². The number of benzene rings is 1. The highest BCUT2D eigenvalue weighted by Gasteiger charge is 2.24.